The summed E-state index contributed by atoms with van der Waals surface area (Å²) in [6.45, 7) is 3.15. The lowest BCUT2D eigenvalue weighted by Crippen LogP contribution is -2.34. The Bertz CT molecular complexity index is 449. The standard InChI is InChI=1S/C13H19N3O2S/c1-10(11-5-4-6-12(9-11)18-3)15-16-13(19)14-7-8-17-2/h4-6,9H,7-8H2,1-3H3,(H2,14,16,19)/b15-10+. The Labute approximate surface area is 119 Å². The number of hydrogen-bond donors (Lipinski definition) is 2. The van der Waals surface area contributed by atoms with Gasteiger partial charge in [-0.2, -0.15) is 5.10 Å². The van der Waals surface area contributed by atoms with Crippen molar-refractivity contribution in [3.8, 4) is 5.75 Å². The summed E-state index contributed by atoms with van der Waals surface area (Å²) in [5.41, 5.74) is 4.60. The number of hydrogen-bond acceptors (Lipinski definition) is 4. The number of thiocarbonyl (C=S) groups is 1. The molecule has 19 heavy (non-hydrogen) atoms. The van der Waals surface area contributed by atoms with Gasteiger partial charge in [-0.05, 0) is 31.3 Å². The van der Waals surface area contributed by atoms with E-state index in [1.807, 2.05) is 31.2 Å². The van der Waals surface area contributed by atoms with E-state index < -0.39 is 0 Å². The van der Waals surface area contributed by atoms with Crippen LogP contribution in [0.2, 0.25) is 0 Å². The van der Waals surface area contributed by atoms with Crippen molar-refractivity contribution in [3.63, 3.8) is 0 Å². The van der Waals surface area contributed by atoms with Crippen LogP contribution in [-0.2, 0) is 4.74 Å². The quantitative estimate of drug-likeness (QED) is 0.358. The molecule has 0 atom stereocenters. The smallest absolute Gasteiger partial charge is 0.187 e. The zero-order chi connectivity index (χ0) is 14.1. The Morgan fingerprint density at radius 1 is 1.37 bits per heavy atom. The first-order chi connectivity index (χ1) is 9.17. The van der Waals surface area contributed by atoms with Crippen LogP contribution in [0.3, 0.4) is 0 Å². The van der Waals surface area contributed by atoms with E-state index in [1.165, 1.54) is 0 Å². The molecule has 0 aliphatic rings. The number of rotatable bonds is 6. The zero-order valence-corrected chi connectivity index (χ0v) is 12.2. The highest BCUT2D eigenvalue weighted by Crippen LogP contribution is 2.12. The average molecular weight is 281 g/mol. The van der Waals surface area contributed by atoms with Crippen molar-refractivity contribution in [2.75, 3.05) is 27.4 Å². The molecule has 0 aliphatic carbocycles. The Balaban J connectivity index is 2.53. The van der Waals surface area contributed by atoms with Crippen LogP contribution >= 0.6 is 12.2 Å². The minimum Gasteiger partial charge on any atom is -0.497 e. The van der Waals surface area contributed by atoms with Crippen molar-refractivity contribution < 1.29 is 9.47 Å². The maximum atomic E-state index is 5.17. The minimum atomic E-state index is 0.472. The van der Waals surface area contributed by atoms with Crippen LogP contribution in [0.25, 0.3) is 0 Å². The summed E-state index contributed by atoms with van der Waals surface area (Å²) in [6.07, 6.45) is 0. The summed E-state index contributed by atoms with van der Waals surface area (Å²) >= 11 is 5.07. The highest BCUT2D eigenvalue weighted by Gasteiger charge is 2.00. The van der Waals surface area contributed by atoms with Gasteiger partial charge in [-0.25, -0.2) is 0 Å². The van der Waals surface area contributed by atoms with Crippen LogP contribution < -0.4 is 15.5 Å². The number of nitrogens with one attached hydrogen (secondary N) is 2. The summed E-state index contributed by atoms with van der Waals surface area (Å²) in [7, 11) is 3.28. The van der Waals surface area contributed by atoms with Gasteiger partial charge in [-0.15, -0.1) is 0 Å². The molecule has 0 amide bonds. The van der Waals surface area contributed by atoms with Gasteiger partial charge in [-0.1, -0.05) is 12.1 Å². The topological polar surface area (TPSA) is 54.9 Å². The van der Waals surface area contributed by atoms with Crippen LogP contribution in [0.4, 0.5) is 0 Å². The van der Waals surface area contributed by atoms with Gasteiger partial charge >= 0.3 is 0 Å². The van der Waals surface area contributed by atoms with E-state index in [4.69, 9.17) is 21.7 Å². The molecule has 104 valence electrons. The van der Waals surface area contributed by atoms with Crippen molar-refractivity contribution in [3.05, 3.63) is 29.8 Å². The second kappa shape index (κ2) is 8.44. The SMILES string of the molecule is COCCNC(=S)N/N=C(\C)c1cccc(OC)c1. The van der Waals surface area contributed by atoms with E-state index >= 15 is 0 Å². The molecule has 0 aliphatic heterocycles. The van der Waals surface area contributed by atoms with Crippen LogP contribution in [0.15, 0.2) is 29.4 Å². The Morgan fingerprint density at radius 2 is 2.16 bits per heavy atom. The number of nitrogens with zero attached hydrogens (tertiary/aromatic N) is 1. The molecule has 1 aromatic carbocycles. The summed E-state index contributed by atoms with van der Waals surface area (Å²) in [5, 5.41) is 7.66. The van der Waals surface area contributed by atoms with E-state index in [0.29, 0.717) is 18.3 Å². The van der Waals surface area contributed by atoms with E-state index in [-0.39, 0.29) is 0 Å². The molecule has 5 nitrogen and oxygen atoms in total. The molecular weight excluding hydrogens is 262 g/mol. The first-order valence-electron chi connectivity index (χ1n) is 5.89. The van der Waals surface area contributed by atoms with Gasteiger partial charge in [0, 0.05) is 19.2 Å². The van der Waals surface area contributed by atoms with Gasteiger partial charge in [0.15, 0.2) is 5.11 Å². The fraction of sp³-hybridized carbons (Fsp3) is 0.385. The number of hydrazone groups is 1. The number of ether oxygens (including phenoxy) is 2. The first kappa shape index (κ1) is 15.4. The Kier molecular flexibility index (Phi) is 6.84. The van der Waals surface area contributed by atoms with Gasteiger partial charge in [0.25, 0.3) is 0 Å². The maximum absolute atomic E-state index is 5.17. The Hall–Kier alpha value is -1.66. The highest BCUT2D eigenvalue weighted by molar-refractivity contribution is 7.80. The van der Waals surface area contributed by atoms with Crippen molar-refractivity contribution in [2.45, 2.75) is 6.92 Å². The summed E-state index contributed by atoms with van der Waals surface area (Å²) < 4.78 is 10.1. The summed E-state index contributed by atoms with van der Waals surface area (Å²) in [4.78, 5) is 0. The molecule has 0 unspecified atom stereocenters. The maximum Gasteiger partial charge on any atom is 0.187 e. The molecule has 0 aromatic heterocycles. The van der Waals surface area contributed by atoms with E-state index in [2.05, 4.69) is 15.8 Å². The molecule has 1 aromatic rings. The monoisotopic (exact) mass is 281 g/mol. The molecule has 6 heteroatoms. The third kappa shape index (κ3) is 5.67. The van der Waals surface area contributed by atoms with Gasteiger partial charge < -0.3 is 14.8 Å². The third-order valence-electron chi connectivity index (χ3n) is 2.40. The highest BCUT2D eigenvalue weighted by atomic mass is 32.1. The zero-order valence-electron chi connectivity index (χ0n) is 11.4. The molecule has 0 saturated carbocycles. The van der Waals surface area contributed by atoms with Crippen LogP contribution in [0.1, 0.15) is 12.5 Å². The predicted molar refractivity (Wildman–Crippen MR) is 80.8 cm³/mol. The lowest BCUT2D eigenvalue weighted by molar-refractivity contribution is 0.204. The van der Waals surface area contributed by atoms with E-state index in [1.54, 1.807) is 14.2 Å². The van der Waals surface area contributed by atoms with Crippen molar-refractivity contribution in [1.29, 1.82) is 0 Å². The third-order valence-corrected chi connectivity index (χ3v) is 2.64. The largest absolute Gasteiger partial charge is 0.497 e. The lowest BCUT2D eigenvalue weighted by Gasteiger charge is -2.08. The molecule has 0 spiro atoms. The average Bonchev–Trinajstić information content (AvgIpc) is 2.45. The fourth-order valence-corrected chi connectivity index (χ4v) is 1.50. The van der Waals surface area contributed by atoms with Gasteiger partial charge in [0.2, 0.25) is 0 Å². The van der Waals surface area contributed by atoms with Gasteiger partial charge in [0.05, 0.1) is 19.4 Å². The Morgan fingerprint density at radius 3 is 2.84 bits per heavy atom. The molecular formula is C13H19N3O2S. The number of methoxy groups -OCH3 is 2. The molecule has 0 radical (unpaired) electrons. The number of benzene rings is 1. The van der Waals surface area contributed by atoms with Crippen molar-refractivity contribution in [2.24, 2.45) is 5.10 Å². The lowest BCUT2D eigenvalue weighted by atomic mass is 10.1. The van der Waals surface area contributed by atoms with Gasteiger partial charge in [0.1, 0.15) is 5.75 Å². The predicted octanol–water partition coefficient (Wildman–Crippen LogP) is 1.53. The van der Waals surface area contributed by atoms with Crippen molar-refractivity contribution in [1.82, 2.24) is 10.7 Å². The summed E-state index contributed by atoms with van der Waals surface area (Å²) in [5.74, 6) is 0.799. The van der Waals surface area contributed by atoms with Crippen LogP contribution in [0.5, 0.6) is 5.75 Å². The molecule has 0 fully saturated rings. The van der Waals surface area contributed by atoms with E-state index in [9.17, 15) is 0 Å². The normalized spacial score (nSPS) is 11.0. The first-order valence-corrected chi connectivity index (χ1v) is 6.29. The molecule has 0 heterocycles. The molecule has 2 N–H and O–H groups in total. The minimum absolute atomic E-state index is 0.472. The molecule has 0 saturated heterocycles. The van der Waals surface area contributed by atoms with Gasteiger partial charge in [-0.3, -0.25) is 5.43 Å². The van der Waals surface area contributed by atoms with Crippen LogP contribution in [-0.4, -0.2) is 38.2 Å². The molecule has 0 bridgehead atoms. The summed E-state index contributed by atoms with van der Waals surface area (Å²) in [6, 6.07) is 7.69. The second-order valence-electron chi connectivity index (χ2n) is 3.79. The molecule has 1 rings (SSSR count). The van der Waals surface area contributed by atoms with Crippen molar-refractivity contribution >= 4 is 23.0 Å². The van der Waals surface area contributed by atoms with Crippen LogP contribution in [0, 0.1) is 0 Å². The fourth-order valence-electron chi connectivity index (χ4n) is 1.35. The van der Waals surface area contributed by atoms with E-state index in [0.717, 1.165) is 17.0 Å². The second-order valence-corrected chi connectivity index (χ2v) is 4.20.